The summed E-state index contributed by atoms with van der Waals surface area (Å²) in [6.07, 6.45) is 0.976. The lowest BCUT2D eigenvalue weighted by molar-refractivity contribution is 0.682. The highest BCUT2D eigenvalue weighted by molar-refractivity contribution is 5.32. The van der Waals surface area contributed by atoms with Crippen molar-refractivity contribution < 1.29 is 0 Å². The number of hydrogen-bond acceptors (Lipinski definition) is 3. The number of hydrogen-bond donors (Lipinski definition) is 1. The van der Waals surface area contributed by atoms with E-state index >= 15 is 0 Å². The summed E-state index contributed by atoms with van der Waals surface area (Å²) in [7, 11) is 1.98. The maximum Gasteiger partial charge on any atom is 0.0991 e. The highest BCUT2D eigenvalue weighted by atomic mass is 15.3. The van der Waals surface area contributed by atoms with Crippen LogP contribution in [0.2, 0.25) is 0 Å². The van der Waals surface area contributed by atoms with E-state index in [9.17, 15) is 0 Å². The Balaban J connectivity index is 1.86. The highest BCUT2D eigenvalue weighted by Crippen LogP contribution is 2.12. The number of benzene rings is 1. The normalized spacial score (nSPS) is 10.5. The molecule has 1 N–H and O–H groups in total. The third-order valence-corrected chi connectivity index (χ3v) is 3.60. The van der Waals surface area contributed by atoms with Crippen LogP contribution in [0.3, 0.4) is 0 Å². The largest absolute Gasteiger partial charge is 0.312 e. The first-order valence-corrected chi connectivity index (χ1v) is 6.80. The van der Waals surface area contributed by atoms with Crippen molar-refractivity contribution in [2.45, 2.75) is 26.8 Å². The summed E-state index contributed by atoms with van der Waals surface area (Å²) < 4.78 is 1.93. The summed E-state index contributed by atoms with van der Waals surface area (Å²) in [4.78, 5) is 0. The maximum atomic E-state index is 8.87. The molecule has 0 saturated heterocycles. The fraction of sp³-hybridized carbons (Fsp3) is 0.375. The standard InChI is InChI=1S/C16H20N4/c1-12-16(13(2)20(3)19-12)7-8-18-11-15-6-4-5-14(9-15)10-17/h4-6,9,18H,7-8,11H2,1-3H3. The summed E-state index contributed by atoms with van der Waals surface area (Å²) in [6.45, 7) is 5.85. The van der Waals surface area contributed by atoms with Crippen molar-refractivity contribution in [2.24, 2.45) is 7.05 Å². The van der Waals surface area contributed by atoms with Crippen LogP contribution in [0.15, 0.2) is 24.3 Å². The Morgan fingerprint density at radius 2 is 2.15 bits per heavy atom. The molecule has 104 valence electrons. The van der Waals surface area contributed by atoms with Gasteiger partial charge in [-0.3, -0.25) is 4.68 Å². The monoisotopic (exact) mass is 268 g/mol. The molecule has 0 saturated carbocycles. The summed E-state index contributed by atoms with van der Waals surface area (Å²) in [5.41, 5.74) is 5.52. The van der Waals surface area contributed by atoms with Gasteiger partial charge in [-0.05, 0) is 50.1 Å². The summed E-state index contributed by atoms with van der Waals surface area (Å²) in [5, 5.41) is 16.7. The summed E-state index contributed by atoms with van der Waals surface area (Å²) >= 11 is 0. The SMILES string of the molecule is Cc1nn(C)c(C)c1CCNCc1cccc(C#N)c1. The Morgan fingerprint density at radius 3 is 2.80 bits per heavy atom. The van der Waals surface area contributed by atoms with Gasteiger partial charge in [0.15, 0.2) is 0 Å². The van der Waals surface area contributed by atoms with Crippen molar-refractivity contribution in [3.05, 3.63) is 52.3 Å². The molecule has 0 unspecified atom stereocenters. The minimum Gasteiger partial charge on any atom is -0.312 e. The molecule has 4 heteroatoms. The van der Waals surface area contributed by atoms with Crippen LogP contribution in [0.25, 0.3) is 0 Å². The van der Waals surface area contributed by atoms with Crippen molar-refractivity contribution in [2.75, 3.05) is 6.54 Å². The van der Waals surface area contributed by atoms with E-state index < -0.39 is 0 Å². The molecule has 0 aliphatic rings. The molecule has 1 aromatic heterocycles. The molecule has 0 aliphatic heterocycles. The van der Waals surface area contributed by atoms with E-state index in [1.54, 1.807) is 0 Å². The van der Waals surface area contributed by atoms with E-state index in [-0.39, 0.29) is 0 Å². The maximum absolute atomic E-state index is 8.87. The molecule has 4 nitrogen and oxygen atoms in total. The van der Waals surface area contributed by atoms with Gasteiger partial charge < -0.3 is 5.32 Å². The Hall–Kier alpha value is -2.12. The minimum atomic E-state index is 0.711. The fourth-order valence-electron chi connectivity index (χ4n) is 2.38. The molecule has 0 bridgehead atoms. The minimum absolute atomic E-state index is 0.711. The van der Waals surface area contributed by atoms with Crippen molar-refractivity contribution in [1.82, 2.24) is 15.1 Å². The van der Waals surface area contributed by atoms with Crippen LogP contribution in [-0.4, -0.2) is 16.3 Å². The van der Waals surface area contributed by atoms with Crippen LogP contribution in [0.1, 0.15) is 28.1 Å². The van der Waals surface area contributed by atoms with E-state index in [0.29, 0.717) is 5.56 Å². The second-order valence-corrected chi connectivity index (χ2v) is 5.01. The van der Waals surface area contributed by atoms with Crippen LogP contribution in [0.5, 0.6) is 0 Å². The van der Waals surface area contributed by atoms with Crippen molar-refractivity contribution in [3.63, 3.8) is 0 Å². The van der Waals surface area contributed by atoms with E-state index in [1.165, 1.54) is 11.3 Å². The third-order valence-electron chi connectivity index (χ3n) is 3.60. The Morgan fingerprint density at radius 1 is 1.35 bits per heavy atom. The quantitative estimate of drug-likeness (QED) is 0.846. The van der Waals surface area contributed by atoms with Gasteiger partial charge in [0.25, 0.3) is 0 Å². The average Bonchev–Trinajstić information content (AvgIpc) is 2.69. The Labute approximate surface area is 120 Å². The number of nitrogens with one attached hydrogen (secondary N) is 1. The van der Waals surface area contributed by atoms with Crippen LogP contribution in [0.4, 0.5) is 0 Å². The highest BCUT2D eigenvalue weighted by Gasteiger charge is 2.08. The molecule has 0 fully saturated rings. The van der Waals surface area contributed by atoms with Gasteiger partial charge in [0.05, 0.1) is 17.3 Å². The first kappa shape index (κ1) is 14.3. The van der Waals surface area contributed by atoms with Crippen molar-refractivity contribution in [3.8, 4) is 6.07 Å². The molecule has 1 heterocycles. The summed E-state index contributed by atoms with van der Waals surface area (Å²) in [5.74, 6) is 0. The van der Waals surface area contributed by atoms with Crippen molar-refractivity contribution >= 4 is 0 Å². The van der Waals surface area contributed by atoms with Gasteiger partial charge >= 0.3 is 0 Å². The van der Waals surface area contributed by atoms with Crippen LogP contribution < -0.4 is 5.32 Å². The second-order valence-electron chi connectivity index (χ2n) is 5.01. The second kappa shape index (κ2) is 6.36. The predicted molar refractivity (Wildman–Crippen MR) is 79.2 cm³/mol. The fourth-order valence-corrected chi connectivity index (χ4v) is 2.38. The van der Waals surface area contributed by atoms with Gasteiger partial charge in [-0.25, -0.2) is 0 Å². The van der Waals surface area contributed by atoms with Gasteiger partial charge in [0, 0.05) is 19.3 Å². The molecular weight excluding hydrogens is 248 g/mol. The van der Waals surface area contributed by atoms with E-state index in [0.717, 1.165) is 30.8 Å². The van der Waals surface area contributed by atoms with Crippen molar-refractivity contribution in [1.29, 1.82) is 5.26 Å². The van der Waals surface area contributed by atoms with E-state index in [4.69, 9.17) is 5.26 Å². The lowest BCUT2D eigenvalue weighted by Crippen LogP contribution is -2.17. The molecule has 0 radical (unpaired) electrons. The van der Waals surface area contributed by atoms with Gasteiger partial charge in [-0.2, -0.15) is 10.4 Å². The Bertz CT molecular complexity index is 634. The third kappa shape index (κ3) is 3.25. The molecule has 1 aromatic carbocycles. The predicted octanol–water partition coefficient (Wildman–Crippen LogP) is 2.24. The first-order valence-electron chi connectivity index (χ1n) is 6.80. The molecule has 0 spiro atoms. The number of nitrogens with zero attached hydrogens (tertiary/aromatic N) is 3. The first-order chi connectivity index (χ1) is 9.61. The molecular formula is C16H20N4. The number of aromatic nitrogens is 2. The molecule has 20 heavy (non-hydrogen) atoms. The van der Waals surface area contributed by atoms with Gasteiger partial charge in [-0.15, -0.1) is 0 Å². The molecule has 2 rings (SSSR count). The summed E-state index contributed by atoms with van der Waals surface area (Å²) in [6, 6.07) is 9.87. The van der Waals surface area contributed by atoms with Crippen LogP contribution in [0, 0.1) is 25.2 Å². The molecule has 0 aliphatic carbocycles. The lowest BCUT2D eigenvalue weighted by atomic mass is 10.1. The van der Waals surface area contributed by atoms with Gasteiger partial charge in [0.1, 0.15) is 0 Å². The van der Waals surface area contributed by atoms with E-state index in [2.05, 4.69) is 30.3 Å². The van der Waals surface area contributed by atoms with Gasteiger partial charge in [-0.1, -0.05) is 12.1 Å². The Kier molecular flexibility index (Phi) is 4.54. The number of rotatable bonds is 5. The topological polar surface area (TPSA) is 53.6 Å². The van der Waals surface area contributed by atoms with Crippen LogP contribution >= 0.6 is 0 Å². The molecule has 2 aromatic rings. The van der Waals surface area contributed by atoms with Gasteiger partial charge in [0.2, 0.25) is 0 Å². The molecule has 0 amide bonds. The number of nitriles is 1. The smallest absolute Gasteiger partial charge is 0.0991 e. The lowest BCUT2D eigenvalue weighted by Gasteiger charge is -2.06. The zero-order chi connectivity index (χ0) is 14.5. The zero-order valence-electron chi connectivity index (χ0n) is 12.3. The van der Waals surface area contributed by atoms with E-state index in [1.807, 2.05) is 36.0 Å². The average molecular weight is 268 g/mol. The zero-order valence-corrected chi connectivity index (χ0v) is 12.3. The number of aryl methyl sites for hydroxylation is 2. The van der Waals surface area contributed by atoms with Crippen LogP contribution in [-0.2, 0) is 20.0 Å². The molecule has 0 atom stereocenters.